The van der Waals surface area contributed by atoms with Crippen molar-refractivity contribution < 1.29 is 28.2 Å². The quantitative estimate of drug-likeness (QED) is 0.556. The fourth-order valence-corrected chi connectivity index (χ4v) is 3.68. The number of anilines is 1. The molecule has 3 aromatic rings. The van der Waals surface area contributed by atoms with Gasteiger partial charge < -0.3 is 19.1 Å². The summed E-state index contributed by atoms with van der Waals surface area (Å²) < 4.78 is 30.0. The van der Waals surface area contributed by atoms with Crippen molar-refractivity contribution in [1.29, 1.82) is 0 Å². The van der Waals surface area contributed by atoms with E-state index in [9.17, 15) is 14.0 Å². The maximum absolute atomic E-state index is 13.8. The highest BCUT2D eigenvalue weighted by molar-refractivity contribution is 7.09. The topological polar surface area (TPSA) is 65.1 Å². The Hall–Kier alpha value is -3.39. The van der Waals surface area contributed by atoms with Crippen LogP contribution >= 0.6 is 11.3 Å². The fraction of sp³-hybridized carbons (Fsp3) is 0.182. The molecule has 1 aliphatic rings. The van der Waals surface area contributed by atoms with Gasteiger partial charge in [-0.3, -0.25) is 4.79 Å². The van der Waals surface area contributed by atoms with Crippen LogP contribution in [-0.4, -0.2) is 31.7 Å². The molecule has 30 heavy (non-hydrogen) atoms. The lowest BCUT2D eigenvalue weighted by Gasteiger charge is -2.25. The molecule has 0 aliphatic carbocycles. The second-order valence-corrected chi connectivity index (χ2v) is 7.48. The average Bonchev–Trinajstić information content (AvgIpc) is 3.29. The Morgan fingerprint density at radius 1 is 1.03 bits per heavy atom. The number of hydrogen-bond donors (Lipinski definition) is 0. The van der Waals surface area contributed by atoms with Gasteiger partial charge in [0.05, 0.1) is 12.1 Å². The first-order valence-corrected chi connectivity index (χ1v) is 10.1. The second-order valence-electron chi connectivity index (χ2n) is 6.44. The Bertz CT molecular complexity index is 1050. The van der Waals surface area contributed by atoms with E-state index in [1.165, 1.54) is 34.4 Å². The zero-order valence-corrected chi connectivity index (χ0v) is 16.7. The molecule has 4 rings (SSSR count). The van der Waals surface area contributed by atoms with Crippen LogP contribution in [0.15, 0.2) is 60.0 Å². The van der Waals surface area contributed by atoms with Gasteiger partial charge in [0.2, 0.25) is 0 Å². The highest BCUT2D eigenvalue weighted by atomic mass is 32.1. The third-order valence-electron chi connectivity index (χ3n) is 4.45. The second kappa shape index (κ2) is 8.96. The Morgan fingerprint density at radius 2 is 1.83 bits per heavy atom. The first kappa shape index (κ1) is 19.9. The molecule has 2 heterocycles. The van der Waals surface area contributed by atoms with Crippen molar-refractivity contribution in [2.24, 2.45) is 0 Å². The zero-order chi connectivity index (χ0) is 20.9. The SMILES string of the molecule is O=C(OCC(=O)N(Cc1cccs1)c1ccc2c(c1)OCCO2)c1ccccc1F. The molecule has 8 heteroatoms. The highest BCUT2D eigenvalue weighted by Crippen LogP contribution is 2.34. The van der Waals surface area contributed by atoms with Crippen LogP contribution in [0.4, 0.5) is 10.1 Å². The molecule has 154 valence electrons. The minimum atomic E-state index is -0.889. The monoisotopic (exact) mass is 427 g/mol. The van der Waals surface area contributed by atoms with Crippen LogP contribution in [-0.2, 0) is 16.1 Å². The van der Waals surface area contributed by atoms with Crippen LogP contribution in [0, 0.1) is 5.82 Å². The summed E-state index contributed by atoms with van der Waals surface area (Å²) in [6.07, 6.45) is 0. The molecule has 6 nitrogen and oxygen atoms in total. The molecule has 1 aromatic heterocycles. The van der Waals surface area contributed by atoms with Gasteiger partial charge in [0, 0.05) is 16.6 Å². The molecule has 0 N–H and O–H groups in total. The predicted molar refractivity (Wildman–Crippen MR) is 110 cm³/mol. The Labute approximate surface area is 176 Å². The van der Waals surface area contributed by atoms with Crippen LogP contribution in [0.2, 0.25) is 0 Å². The number of hydrogen-bond acceptors (Lipinski definition) is 6. The number of halogens is 1. The number of carbonyl (C=O) groups excluding carboxylic acids is 2. The zero-order valence-electron chi connectivity index (χ0n) is 15.9. The number of ether oxygens (including phenoxy) is 3. The Kier molecular flexibility index (Phi) is 5.94. The highest BCUT2D eigenvalue weighted by Gasteiger charge is 2.22. The van der Waals surface area contributed by atoms with Crippen molar-refractivity contribution in [3.8, 4) is 11.5 Å². The van der Waals surface area contributed by atoms with E-state index >= 15 is 0 Å². The molecular weight excluding hydrogens is 409 g/mol. The first-order valence-electron chi connectivity index (χ1n) is 9.26. The summed E-state index contributed by atoms with van der Waals surface area (Å²) in [7, 11) is 0. The Balaban J connectivity index is 1.53. The van der Waals surface area contributed by atoms with E-state index in [0.29, 0.717) is 36.9 Å². The molecule has 0 saturated carbocycles. The molecule has 0 fully saturated rings. The summed E-state index contributed by atoms with van der Waals surface area (Å²) in [4.78, 5) is 27.6. The van der Waals surface area contributed by atoms with Crippen molar-refractivity contribution in [2.45, 2.75) is 6.54 Å². The maximum atomic E-state index is 13.8. The largest absolute Gasteiger partial charge is 0.486 e. The third kappa shape index (κ3) is 4.44. The lowest BCUT2D eigenvalue weighted by atomic mass is 10.2. The summed E-state index contributed by atoms with van der Waals surface area (Å²) >= 11 is 1.51. The lowest BCUT2D eigenvalue weighted by molar-refractivity contribution is -0.121. The van der Waals surface area contributed by atoms with Gasteiger partial charge in [-0.25, -0.2) is 9.18 Å². The normalized spacial score (nSPS) is 12.3. The van der Waals surface area contributed by atoms with E-state index in [1.54, 1.807) is 18.2 Å². The third-order valence-corrected chi connectivity index (χ3v) is 5.31. The van der Waals surface area contributed by atoms with Crippen molar-refractivity contribution in [2.75, 3.05) is 24.7 Å². The van der Waals surface area contributed by atoms with E-state index < -0.39 is 24.3 Å². The number of fused-ring (bicyclic) bond motifs is 1. The molecule has 2 aromatic carbocycles. The number of thiophene rings is 1. The molecule has 0 radical (unpaired) electrons. The van der Waals surface area contributed by atoms with Crippen LogP contribution < -0.4 is 14.4 Å². The van der Waals surface area contributed by atoms with Gasteiger partial charge in [0.25, 0.3) is 5.91 Å². The summed E-state index contributed by atoms with van der Waals surface area (Å²) in [6.45, 7) is 0.673. The summed E-state index contributed by atoms with van der Waals surface area (Å²) in [5.74, 6) is -0.868. The number of nitrogens with zero attached hydrogens (tertiary/aromatic N) is 1. The van der Waals surface area contributed by atoms with E-state index in [0.717, 1.165) is 10.9 Å². The minimum absolute atomic E-state index is 0.213. The number of rotatable bonds is 6. The average molecular weight is 427 g/mol. The van der Waals surface area contributed by atoms with Gasteiger partial charge in [-0.2, -0.15) is 0 Å². The number of amides is 1. The summed E-state index contributed by atoms with van der Waals surface area (Å²) in [6, 6.07) is 14.5. The summed E-state index contributed by atoms with van der Waals surface area (Å²) in [5.41, 5.74) is 0.369. The van der Waals surface area contributed by atoms with Gasteiger partial charge in [0.1, 0.15) is 19.0 Å². The minimum Gasteiger partial charge on any atom is -0.486 e. The van der Waals surface area contributed by atoms with Gasteiger partial charge >= 0.3 is 5.97 Å². The van der Waals surface area contributed by atoms with Gasteiger partial charge in [-0.05, 0) is 35.7 Å². The van der Waals surface area contributed by atoms with Crippen molar-refractivity contribution in [1.82, 2.24) is 0 Å². The number of esters is 1. The fourth-order valence-electron chi connectivity index (χ4n) is 2.99. The maximum Gasteiger partial charge on any atom is 0.341 e. The van der Waals surface area contributed by atoms with Crippen molar-refractivity contribution in [3.05, 3.63) is 76.2 Å². The standard InChI is InChI=1S/C22H18FNO5S/c23-18-6-2-1-5-17(18)22(26)29-14-21(25)24(13-16-4-3-11-30-16)15-7-8-19-20(12-15)28-10-9-27-19/h1-8,11-12H,9-10,13-14H2. The molecule has 0 atom stereocenters. The molecular formula is C22H18FNO5S. The van der Waals surface area contributed by atoms with Crippen molar-refractivity contribution in [3.63, 3.8) is 0 Å². The van der Waals surface area contributed by atoms with Crippen molar-refractivity contribution >= 4 is 28.9 Å². The predicted octanol–water partition coefficient (Wildman–Crippen LogP) is 4.05. The molecule has 0 spiro atoms. The van der Waals surface area contributed by atoms with Crippen LogP contribution in [0.1, 0.15) is 15.2 Å². The molecule has 1 aliphatic heterocycles. The van der Waals surface area contributed by atoms with Crippen LogP contribution in [0.3, 0.4) is 0 Å². The van der Waals surface area contributed by atoms with E-state index in [2.05, 4.69) is 0 Å². The number of carbonyl (C=O) groups is 2. The van der Waals surface area contributed by atoms with Crippen LogP contribution in [0.5, 0.6) is 11.5 Å². The smallest absolute Gasteiger partial charge is 0.341 e. The summed E-state index contributed by atoms with van der Waals surface area (Å²) in [5, 5.41) is 1.92. The van der Waals surface area contributed by atoms with Gasteiger partial charge in [0.15, 0.2) is 18.1 Å². The first-order chi connectivity index (χ1) is 14.6. The van der Waals surface area contributed by atoms with E-state index in [4.69, 9.17) is 14.2 Å². The van der Waals surface area contributed by atoms with Crippen LogP contribution in [0.25, 0.3) is 0 Å². The molecule has 0 unspecified atom stereocenters. The molecule has 1 amide bonds. The molecule has 0 bridgehead atoms. The lowest BCUT2D eigenvalue weighted by Crippen LogP contribution is -2.34. The van der Waals surface area contributed by atoms with E-state index in [1.807, 2.05) is 17.5 Å². The number of benzene rings is 2. The Morgan fingerprint density at radius 3 is 2.60 bits per heavy atom. The molecule has 0 saturated heterocycles. The van der Waals surface area contributed by atoms with E-state index in [-0.39, 0.29) is 5.56 Å². The van der Waals surface area contributed by atoms with Gasteiger partial charge in [-0.15, -0.1) is 11.3 Å². The van der Waals surface area contributed by atoms with Gasteiger partial charge in [-0.1, -0.05) is 18.2 Å².